The van der Waals surface area contributed by atoms with E-state index in [1.807, 2.05) is 6.20 Å². The highest BCUT2D eigenvalue weighted by atomic mass is 79.9. The summed E-state index contributed by atoms with van der Waals surface area (Å²) in [6.45, 7) is 4.71. The third kappa shape index (κ3) is 1.58. The Labute approximate surface area is 103 Å². The molecule has 1 saturated heterocycles. The minimum Gasteiger partial charge on any atom is -0.381 e. The fourth-order valence-electron chi connectivity index (χ4n) is 2.25. The molecule has 1 fully saturated rings. The number of hydrogen-bond acceptors (Lipinski definition) is 4. The molecule has 0 bridgehead atoms. The average Bonchev–Trinajstić information content (AvgIpc) is 2.55. The van der Waals surface area contributed by atoms with Gasteiger partial charge in [-0.3, -0.25) is 0 Å². The molecule has 2 unspecified atom stereocenters. The maximum Gasteiger partial charge on any atom is 0.149 e. The minimum atomic E-state index is 0.146. The van der Waals surface area contributed by atoms with Crippen LogP contribution in [0.5, 0.6) is 0 Å². The molecular formula is C11H14BrN3O. The van der Waals surface area contributed by atoms with E-state index >= 15 is 0 Å². The molecule has 5 heteroatoms. The van der Waals surface area contributed by atoms with Crippen LogP contribution in [-0.2, 0) is 4.74 Å². The van der Waals surface area contributed by atoms with Crippen LogP contribution in [-0.4, -0.2) is 30.8 Å². The third-order valence-electron chi connectivity index (χ3n) is 3.41. The number of halogens is 1. The van der Waals surface area contributed by atoms with Crippen LogP contribution in [0.15, 0.2) is 16.7 Å². The van der Waals surface area contributed by atoms with E-state index in [1.165, 1.54) is 0 Å². The largest absolute Gasteiger partial charge is 0.381 e. The van der Waals surface area contributed by atoms with Gasteiger partial charge < -0.3 is 15.4 Å². The molecule has 16 heavy (non-hydrogen) atoms. The summed E-state index contributed by atoms with van der Waals surface area (Å²) >= 11 is 3.44. The highest BCUT2D eigenvalue weighted by Crippen LogP contribution is 2.36. The van der Waals surface area contributed by atoms with Crippen LogP contribution in [0.3, 0.4) is 0 Å². The van der Waals surface area contributed by atoms with Gasteiger partial charge in [-0.15, -0.1) is 0 Å². The summed E-state index contributed by atoms with van der Waals surface area (Å²) in [4.78, 5) is 4.39. The third-order valence-corrected chi connectivity index (χ3v) is 3.84. The molecule has 0 amide bonds. The van der Waals surface area contributed by atoms with Gasteiger partial charge in [0.05, 0.1) is 24.9 Å². The van der Waals surface area contributed by atoms with E-state index in [0.29, 0.717) is 6.04 Å². The van der Waals surface area contributed by atoms with E-state index in [9.17, 15) is 0 Å². The second-order valence-electron chi connectivity index (χ2n) is 4.77. The van der Waals surface area contributed by atoms with Gasteiger partial charge in [0, 0.05) is 22.6 Å². The summed E-state index contributed by atoms with van der Waals surface area (Å²) in [6.07, 6.45) is 1.81. The van der Waals surface area contributed by atoms with Crippen molar-refractivity contribution >= 4 is 27.4 Å². The van der Waals surface area contributed by atoms with Crippen LogP contribution >= 0.6 is 15.9 Å². The molecule has 2 aliphatic heterocycles. The van der Waals surface area contributed by atoms with Crippen molar-refractivity contribution < 1.29 is 4.74 Å². The summed E-state index contributed by atoms with van der Waals surface area (Å²) in [6, 6.07) is 2.40. The maximum absolute atomic E-state index is 5.55. The van der Waals surface area contributed by atoms with Crippen LogP contribution in [0, 0.1) is 5.41 Å². The Balaban J connectivity index is 1.97. The van der Waals surface area contributed by atoms with Gasteiger partial charge in [0.2, 0.25) is 0 Å². The van der Waals surface area contributed by atoms with Crippen molar-refractivity contribution in [3.63, 3.8) is 0 Å². The van der Waals surface area contributed by atoms with Crippen molar-refractivity contribution in [2.75, 3.05) is 30.4 Å². The molecule has 86 valence electrons. The van der Waals surface area contributed by atoms with Gasteiger partial charge in [-0.1, -0.05) is 6.92 Å². The molecule has 0 spiro atoms. The van der Waals surface area contributed by atoms with E-state index in [1.54, 1.807) is 0 Å². The monoisotopic (exact) mass is 283 g/mol. The van der Waals surface area contributed by atoms with Crippen LogP contribution < -0.4 is 10.6 Å². The molecule has 3 heterocycles. The Morgan fingerprint density at radius 3 is 3.38 bits per heavy atom. The van der Waals surface area contributed by atoms with Crippen molar-refractivity contribution in [3.05, 3.63) is 16.7 Å². The number of anilines is 2. The van der Waals surface area contributed by atoms with Gasteiger partial charge in [-0.25, -0.2) is 4.98 Å². The fraction of sp³-hybridized carbons (Fsp3) is 0.545. The van der Waals surface area contributed by atoms with Crippen LogP contribution in [0.1, 0.15) is 6.92 Å². The van der Waals surface area contributed by atoms with Crippen molar-refractivity contribution in [1.29, 1.82) is 0 Å². The quantitative estimate of drug-likeness (QED) is 0.765. The normalized spacial score (nSPS) is 32.0. The van der Waals surface area contributed by atoms with E-state index in [2.05, 4.69) is 44.5 Å². The Kier molecular flexibility index (Phi) is 2.33. The zero-order valence-electron chi connectivity index (χ0n) is 9.09. The van der Waals surface area contributed by atoms with Crippen molar-refractivity contribution in [1.82, 2.24) is 4.98 Å². The number of nitrogens with one attached hydrogen (secondary N) is 2. The van der Waals surface area contributed by atoms with E-state index in [0.717, 1.165) is 35.7 Å². The first-order valence-corrected chi connectivity index (χ1v) is 6.20. The Morgan fingerprint density at radius 1 is 1.62 bits per heavy atom. The predicted octanol–water partition coefficient (Wildman–Crippen LogP) is 2.09. The fourth-order valence-corrected chi connectivity index (χ4v) is 2.58. The highest BCUT2D eigenvalue weighted by molar-refractivity contribution is 9.10. The standard InChI is InChI=1S/C11H14BrN3O/c1-11-5-14-8-2-7(12)3-13-10(8)15-9(11)4-16-6-11/h2-3,9,14H,4-6H2,1H3,(H,13,15). The number of nitrogens with zero attached hydrogens (tertiary/aromatic N) is 1. The molecule has 2 aliphatic rings. The first kappa shape index (κ1) is 10.4. The Morgan fingerprint density at radius 2 is 2.50 bits per heavy atom. The smallest absolute Gasteiger partial charge is 0.149 e. The SMILES string of the molecule is CC12CNc3cc(Br)cnc3NC1COC2. The topological polar surface area (TPSA) is 46.2 Å². The highest BCUT2D eigenvalue weighted by Gasteiger charge is 2.42. The van der Waals surface area contributed by atoms with Crippen LogP contribution in [0.25, 0.3) is 0 Å². The summed E-state index contributed by atoms with van der Waals surface area (Å²) in [7, 11) is 0. The lowest BCUT2D eigenvalue weighted by molar-refractivity contribution is 0.164. The second-order valence-corrected chi connectivity index (χ2v) is 5.69. The predicted molar refractivity (Wildman–Crippen MR) is 66.8 cm³/mol. The van der Waals surface area contributed by atoms with Crippen LogP contribution in [0.2, 0.25) is 0 Å². The zero-order valence-corrected chi connectivity index (χ0v) is 10.7. The molecular weight excluding hydrogens is 270 g/mol. The summed E-state index contributed by atoms with van der Waals surface area (Å²) in [5.74, 6) is 0.919. The number of aromatic nitrogens is 1. The number of rotatable bonds is 0. The summed E-state index contributed by atoms with van der Waals surface area (Å²) in [5, 5.41) is 6.91. The van der Waals surface area contributed by atoms with Gasteiger partial charge in [0.15, 0.2) is 0 Å². The second kappa shape index (κ2) is 3.60. The molecule has 2 atom stereocenters. The molecule has 0 aliphatic carbocycles. The van der Waals surface area contributed by atoms with E-state index < -0.39 is 0 Å². The lowest BCUT2D eigenvalue weighted by atomic mass is 9.85. The lowest BCUT2D eigenvalue weighted by Gasteiger charge is -2.27. The molecule has 3 rings (SSSR count). The van der Waals surface area contributed by atoms with E-state index in [-0.39, 0.29) is 5.41 Å². The van der Waals surface area contributed by atoms with Gasteiger partial charge in [0.1, 0.15) is 5.82 Å². The number of fused-ring (bicyclic) bond motifs is 2. The first-order valence-electron chi connectivity index (χ1n) is 5.41. The van der Waals surface area contributed by atoms with E-state index in [4.69, 9.17) is 4.74 Å². The van der Waals surface area contributed by atoms with Gasteiger partial charge >= 0.3 is 0 Å². The average molecular weight is 284 g/mol. The van der Waals surface area contributed by atoms with Gasteiger partial charge in [0.25, 0.3) is 0 Å². The van der Waals surface area contributed by atoms with Gasteiger partial charge in [-0.2, -0.15) is 0 Å². The zero-order chi connectivity index (χ0) is 11.2. The molecule has 0 saturated carbocycles. The van der Waals surface area contributed by atoms with Crippen molar-refractivity contribution in [2.45, 2.75) is 13.0 Å². The number of hydrogen-bond donors (Lipinski definition) is 2. The van der Waals surface area contributed by atoms with Gasteiger partial charge in [-0.05, 0) is 22.0 Å². The summed E-state index contributed by atoms with van der Waals surface area (Å²) < 4.78 is 6.54. The maximum atomic E-state index is 5.55. The number of ether oxygens (including phenoxy) is 1. The van der Waals surface area contributed by atoms with Crippen LogP contribution in [0.4, 0.5) is 11.5 Å². The molecule has 1 aromatic heterocycles. The Hall–Kier alpha value is -0.810. The lowest BCUT2D eigenvalue weighted by Crippen LogP contribution is -2.40. The van der Waals surface area contributed by atoms with Crippen molar-refractivity contribution in [2.24, 2.45) is 5.41 Å². The number of pyridine rings is 1. The molecule has 2 N–H and O–H groups in total. The first-order chi connectivity index (χ1) is 7.67. The molecule has 4 nitrogen and oxygen atoms in total. The summed E-state index contributed by atoms with van der Waals surface area (Å²) in [5.41, 5.74) is 1.21. The minimum absolute atomic E-state index is 0.146. The van der Waals surface area contributed by atoms with Crippen molar-refractivity contribution in [3.8, 4) is 0 Å². The molecule has 0 radical (unpaired) electrons. The Bertz CT molecular complexity index is 426. The molecule has 0 aromatic carbocycles. The molecule has 1 aromatic rings.